The number of aromatic nitrogens is 2. The van der Waals surface area contributed by atoms with Crippen molar-refractivity contribution >= 4 is 22.4 Å². The van der Waals surface area contributed by atoms with E-state index in [9.17, 15) is 8.42 Å². The molecule has 1 unspecified atom stereocenters. The van der Waals surface area contributed by atoms with Crippen LogP contribution in [0.1, 0.15) is 18.3 Å². The molecular formula is C11H19ClN4O2S. The molecule has 1 saturated heterocycles. The summed E-state index contributed by atoms with van der Waals surface area (Å²) in [7, 11) is -3.57. The van der Waals surface area contributed by atoms with E-state index in [1.54, 1.807) is 19.9 Å². The van der Waals surface area contributed by atoms with Crippen LogP contribution in [-0.4, -0.2) is 48.4 Å². The molecule has 0 spiro atoms. The maximum absolute atomic E-state index is 12.4. The van der Waals surface area contributed by atoms with Gasteiger partial charge in [0.1, 0.15) is 0 Å². The van der Waals surface area contributed by atoms with E-state index in [0.29, 0.717) is 31.0 Å². The lowest BCUT2D eigenvalue weighted by Gasteiger charge is -2.30. The maximum atomic E-state index is 12.4. The van der Waals surface area contributed by atoms with E-state index < -0.39 is 10.0 Å². The normalized spacial score (nSPS) is 20.9. The average molecular weight is 307 g/mol. The number of nitrogens with one attached hydrogen (secondary N) is 1. The molecule has 1 aliphatic rings. The summed E-state index contributed by atoms with van der Waals surface area (Å²) < 4.78 is 26.3. The van der Waals surface area contributed by atoms with Gasteiger partial charge in [-0.1, -0.05) is 0 Å². The van der Waals surface area contributed by atoms with Gasteiger partial charge in [0.25, 0.3) is 15.2 Å². The molecule has 0 bridgehead atoms. The summed E-state index contributed by atoms with van der Waals surface area (Å²) in [5.74, 6) is 0. The van der Waals surface area contributed by atoms with Crippen molar-refractivity contribution in [3.63, 3.8) is 0 Å². The summed E-state index contributed by atoms with van der Waals surface area (Å²) >= 11 is 0. The fraction of sp³-hybridized carbons (Fsp3) is 0.636. The Balaban J connectivity index is 0.00000180. The molecule has 1 aliphatic heterocycles. The van der Waals surface area contributed by atoms with Gasteiger partial charge >= 0.3 is 0 Å². The smallest absolute Gasteiger partial charge is 0.278 e. The summed E-state index contributed by atoms with van der Waals surface area (Å²) in [5.41, 5.74) is 1.34. The van der Waals surface area contributed by atoms with Gasteiger partial charge in [0, 0.05) is 37.1 Å². The second kappa shape index (κ2) is 6.13. The SMILES string of the molecule is Cc1cc(C)nc(S(=O)(=O)N2CCNC(C)C2)n1.Cl. The Kier molecular flexibility index (Phi) is 5.26. The first-order valence-corrected chi connectivity index (χ1v) is 7.39. The van der Waals surface area contributed by atoms with Gasteiger partial charge < -0.3 is 5.32 Å². The summed E-state index contributed by atoms with van der Waals surface area (Å²) in [6.07, 6.45) is 0. The molecule has 0 saturated carbocycles. The van der Waals surface area contributed by atoms with E-state index in [-0.39, 0.29) is 23.6 Å². The highest BCUT2D eigenvalue weighted by molar-refractivity contribution is 7.88. The zero-order valence-electron chi connectivity index (χ0n) is 11.3. The van der Waals surface area contributed by atoms with Gasteiger partial charge in [0.15, 0.2) is 0 Å². The van der Waals surface area contributed by atoms with E-state index >= 15 is 0 Å². The quantitative estimate of drug-likeness (QED) is 0.805. The largest absolute Gasteiger partial charge is 0.312 e. The van der Waals surface area contributed by atoms with Gasteiger partial charge in [0.05, 0.1) is 0 Å². The highest BCUT2D eigenvalue weighted by atomic mass is 35.5. The fourth-order valence-corrected chi connectivity index (χ4v) is 3.54. The maximum Gasteiger partial charge on any atom is 0.278 e. The molecular weight excluding hydrogens is 288 g/mol. The van der Waals surface area contributed by atoms with Crippen molar-refractivity contribution in [3.8, 4) is 0 Å². The first-order valence-electron chi connectivity index (χ1n) is 5.95. The number of hydrogen-bond donors (Lipinski definition) is 1. The highest BCUT2D eigenvalue weighted by Crippen LogP contribution is 2.14. The zero-order chi connectivity index (χ0) is 13.3. The summed E-state index contributed by atoms with van der Waals surface area (Å²) in [5, 5.41) is 3.12. The lowest BCUT2D eigenvalue weighted by atomic mass is 10.3. The number of piperazine rings is 1. The van der Waals surface area contributed by atoms with Crippen molar-refractivity contribution in [3.05, 3.63) is 17.5 Å². The van der Waals surface area contributed by atoms with Crippen LogP contribution in [0.15, 0.2) is 11.2 Å². The van der Waals surface area contributed by atoms with Gasteiger partial charge in [-0.3, -0.25) is 0 Å². The van der Waals surface area contributed by atoms with Crippen molar-refractivity contribution in [2.45, 2.75) is 32.0 Å². The lowest BCUT2D eigenvalue weighted by Crippen LogP contribution is -2.51. The molecule has 0 amide bonds. The summed E-state index contributed by atoms with van der Waals surface area (Å²) in [6.45, 7) is 7.08. The third-order valence-corrected chi connectivity index (χ3v) is 4.52. The number of aryl methyl sites for hydroxylation is 2. The molecule has 0 aliphatic carbocycles. The molecule has 1 aromatic rings. The third kappa shape index (κ3) is 3.62. The van der Waals surface area contributed by atoms with Crippen LogP contribution in [0.4, 0.5) is 0 Å². The molecule has 1 fully saturated rings. The van der Waals surface area contributed by atoms with Gasteiger partial charge in [0.2, 0.25) is 0 Å². The predicted molar refractivity (Wildman–Crippen MR) is 75.0 cm³/mol. The van der Waals surface area contributed by atoms with Gasteiger partial charge in [-0.05, 0) is 26.8 Å². The molecule has 0 aromatic carbocycles. The minimum atomic E-state index is -3.57. The molecule has 6 nitrogen and oxygen atoms in total. The first kappa shape index (κ1) is 16.3. The van der Waals surface area contributed by atoms with Crippen LogP contribution in [0.5, 0.6) is 0 Å². The van der Waals surface area contributed by atoms with Crippen molar-refractivity contribution in [2.75, 3.05) is 19.6 Å². The Bertz CT molecular complexity index is 529. The van der Waals surface area contributed by atoms with E-state index in [4.69, 9.17) is 0 Å². The van der Waals surface area contributed by atoms with E-state index in [1.807, 2.05) is 6.92 Å². The zero-order valence-corrected chi connectivity index (χ0v) is 12.9. The van der Waals surface area contributed by atoms with Crippen molar-refractivity contribution in [1.82, 2.24) is 19.6 Å². The van der Waals surface area contributed by atoms with E-state index in [1.165, 1.54) is 4.31 Å². The Morgan fingerprint density at radius 3 is 2.42 bits per heavy atom. The van der Waals surface area contributed by atoms with Gasteiger partial charge in [-0.15, -0.1) is 12.4 Å². The summed E-state index contributed by atoms with van der Waals surface area (Å²) in [4.78, 5) is 8.09. The molecule has 19 heavy (non-hydrogen) atoms. The standard InChI is InChI=1S/C11H18N4O2S.ClH/c1-8-6-9(2)14-11(13-8)18(16,17)15-5-4-12-10(3)7-15;/h6,10,12H,4-5,7H2,1-3H3;1H. The third-order valence-electron chi connectivity index (χ3n) is 2.86. The minimum Gasteiger partial charge on any atom is -0.312 e. The van der Waals surface area contributed by atoms with Gasteiger partial charge in [-0.25, -0.2) is 18.4 Å². The molecule has 1 aromatic heterocycles. The van der Waals surface area contributed by atoms with E-state index in [2.05, 4.69) is 15.3 Å². The number of hydrogen-bond acceptors (Lipinski definition) is 5. The van der Waals surface area contributed by atoms with Crippen LogP contribution in [-0.2, 0) is 10.0 Å². The monoisotopic (exact) mass is 306 g/mol. The van der Waals surface area contributed by atoms with Crippen LogP contribution >= 0.6 is 12.4 Å². The second-order valence-electron chi connectivity index (χ2n) is 4.65. The van der Waals surface area contributed by atoms with Crippen LogP contribution < -0.4 is 5.32 Å². The highest BCUT2D eigenvalue weighted by Gasteiger charge is 2.30. The Hall–Kier alpha value is -0.760. The Labute approximate surface area is 120 Å². The minimum absolute atomic E-state index is 0. The van der Waals surface area contributed by atoms with Crippen LogP contribution in [0.2, 0.25) is 0 Å². The fourth-order valence-electron chi connectivity index (χ4n) is 2.04. The van der Waals surface area contributed by atoms with Crippen molar-refractivity contribution in [2.24, 2.45) is 0 Å². The topological polar surface area (TPSA) is 75.2 Å². The average Bonchev–Trinajstić information content (AvgIpc) is 2.27. The number of rotatable bonds is 2. The molecule has 1 atom stereocenters. The number of sulfonamides is 1. The molecule has 2 rings (SSSR count). The lowest BCUT2D eigenvalue weighted by molar-refractivity contribution is 0.308. The first-order chi connectivity index (χ1) is 8.39. The van der Waals surface area contributed by atoms with Crippen LogP contribution in [0.3, 0.4) is 0 Å². The predicted octanol–water partition coefficient (Wildman–Crippen LogP) is 0.498. The molecule has 0 radical (unpaired) electrons. The Morgan fingerprint density at radius 1 is 1.32 bits per heavy atom. The van der Waals surface area contributed by atoms with Crippen molar-refractivity contribution < 1.29 is 8.42 Å². The number of halogens is 1. The van der Waals surface area contributed by atoms with Crippen LogP contribution in [0, 0.1) is 13.8 Å². The van der Waals surface area contributed by atoms with Crippen LogP contribution in [0.25, 0.3) is 0 Å². The molecule has 108 valence electrons. The van der Waals surface area contributed by atoms with Gasteiger partial charge in [-0.2, -0.15) is 4.31 Å². The summed E-state index contributed by atoms with van der Waals surface area (Å²) in [6, 6.07) is 1.92. The van der Waals surface area contributed by atoms with E-state index in [0.717, 1.165) is 0 Å². The van der Waals surface area contributed by atoms with Crippen molar-refractivity contribution in [1.29, 1.82) is 0 Å². The molecule has 1 N–H and O–H groups in total. The number of nitrogens with zero attached hydrogens (tertiary/aromatic N) is 3. The second-order valence-corrected chi connectivity index (χ2v) is 6.48. The Morgan fingerprint density at radius 2 is 1.89 bits per heavy atom. The molecule has 8 heteroatoms. The molecule has 2 heterocycles.